The molecule has 0 aliphatic rings. The van der Waals surface area contributed by atoms with Gasteiger partial charge in [0.1, 0.15) is 11.6 Å². The van der Waals surface area contributed by atoms with Gasteiger partial charge < -0.3 is 10.4 Å². The van der Waals surface area contributed by atoms with Crippen LogP contribution >= 0.6 is 15.9 Å². The molecule has 0 aliphatic carbocycles. The third-order valence-corrected chi connectivity index (χ3v) is 3.22. The van der Waals surface area contributed by atoms with Crippen LogP contribution < -0.4 is 5.32 Å². The lowest BCUT2D eigenvalue weighted by Crippen LogP contribution is -2.12. The first-order valence-corrected chi connectivity index (χ1v) is 6.67. The Kier molecular flexibility index (Phi) is 4.16. The Morgan fingerprint density at radius 2 is 1.89 bits per heavy atom. The number of halogens is 2. The maximum Gasteiger partial charge on any atom is 0.259 e. The quantitative estimate of drug-likeness (QED) is 0.846. The first-order chi connectivity index (χ1) is 9.10. The van der Waals surface area contributed by atoms with Gasteiger partial charge in [-0.05, 0) is 29.8 Å². The van der Waals surface area contributed by atoms with E-state index in [2.05, 4.69) is 21.2 Å². The minimum absolute atomic E-state index is 0.0333. The lowest BCUT2D eigenvalue weighted by molar-refractivity contribution is 0.102. The van der Waals surface area contributed by atoms with Crippen molar-refractivity contribution < 1.29 is 14.3 Å². The highest BCUT2D eigenvalue weighted by Gasteiger charge is 2.11. The van der Waals surface area contributed by atoms with E-state index in [1.54, 1.807) is 12.1 Å². The molecule has 0 bridgehead atoms. The number of benzene rings is 2. The monoisotopic (exact) mass is 323 g/mol. The van der Waals surface area contributed by atoms with Crippen LogP contribution in [-0.4, -0.2) is 11.0 Å². The van der Waals surface area contributed by atoms with Gasteiger partial charge in [0, 0.05) is 17.1 Å². The highest BCUT2D eigenvalue weighted by molar-refractivity contribution is 9.08. The molecule has 0 spiro atoms. The Labute approximate surface area is 118 Å². The lowest BCUT2D eigenvalue weighted by atomic mass is 10.1. The molecule has 2 N–H and O–H groups in total. The van der Waals surface area contributed by atoms with Gasteiger partial charge in [-0.1, -0.05) is 28.1 Å². The summed E-state index contributed by atoms with van der Waals surface area (Å²) in [7, 11) is 0. The Morgan fingerprint density at radius 1 is 1.21 bits per heavy atom. The van der Waals surface area contributed by atoms with Crippen LogP contribution in [0.2, 0.25) is 0 Å². The molecule has 3 nitrogen and oxygen atoms in total. The number of phenols is 1. The molecule has 2 aromatic rings. The summed E-state index contributed by atoms with van der Waals surface area (Å²) in [5, 5.41) is 12.9. The number of carbonyl (C=O) groups excluding carboxylic acids is 1. The summed E-state index contributed by atoms with van der Waals surface area (Å²) >= 11 is 3.33. The van der Waals surface area contributed by atoms with E-state index >= 15 is 0 Å². The second-order valence-electron chi connectivity index (χ2n) is 3.95. The van der Waals surface area contributed by atoms with Gasteiger partial charge in [0.15, 0.2) is 0 Å². The molecule has 0 atom stereocenters. The Bertz CT molecular complexity index is 599. The molecule has 2 aromatic carbocycles. The molecular formula is C14H11BrFNO2. The lowest BCUT2D eigenvalue weighted by Gasteiger charge is -2.07. The van der Waals surface area contributed by atoms with Crippen molar-refractivity contribution in [3.63, 3.8) is 0 Å². The van der Waals surface area contributed by atoms with Crippen LogP contribution in [0.25, 0.3) is 0 Å². The van der Waals surface area contributed by atoms with Crippen molar-refractivity contribution >= 4 is 27.5 Å². The fraction of sp³-hybridized carbons (Fsp3) is 0.0714. The average molecular weight is 324 g/mol. The summed E-state index contributed by atoms with van der Waals surface area (Å²) in [6, 6.07) is 10.5. The number of anilines is 1. The summed E-state index contributed by atoms with van der Waals surface area (Å²) in [6.45, 7) is 0. The van der Waals surface area contributed by atoms with Gasteiger partial charge in [-0.25, -0.2) is 4.39 Å². The summed E-state index contributed by atoms with van der Waals surface area (Å²) in [6.07, 6.45) is 0. The molecule has 0 fully saturated rings. The highest BCUT2D eigenvalue weighted by Crippen LogP contribution is 2.20. The Hall–Kier alpha value is -1.88. The van der Waals surface area contributed by atoms with Crippen LogP contribution in [0.4, 0.5) is 10.1 Å². The molecule has 0 saturated carbocycles. The minimum Gasteiger partial charge on any atom is -0.507 e. The third kappa shape index (κ3) is 3.32. The van der Waals surface area contributed by atoms with Crippen molar-refractivity contribution in [3.05, 3.63) is 59.4 Å². The molecule has 0 aliphatic heterocycles. The minimum atomic E-state index is -0.587. The summed E-state index contributed by atoms with van der Waals surface area (Å²) in [5.41, 5.74) is 1.73. The predicted molar refractivity (Wildman–Crippen MR) is 75.1 cm³/mol. The number of alkyl halides is 1. The van der Waals surface area contributed by atoms with E-state index in [-0.39, 0.29) is 11.3 Å². The predicted octanol–water partition coefficient (Wildman–Crippen LogP) is 3.68. The SMILES string of the molecule is O=C(Nc1ccc(CBr)cc1)c1ccc(F)cc1O. The zero-order valence-electron chi connectivity index (χ0n) is 9.86. The van der Waals surface area contributed by atoms with Gasteiger partial charge in [-0.2, -0.15) is 0 Å². The molecule has 0 radical (unpaired) electrons. The van der Waals surface area contributed by atoms with Crippen LogP contribution in [-0.2, 0) is 5.33 Å². The molecule has 19 heavy (non-hydrogen) atoms. The second kappa shape index (κ2) is 5.84. The van der Waals surface area contributed by atoms with E-state index in [1.165, 1.54) is 6.07 Å². The van der Waals surface area contributed by atoms with Crippen molar-refractivity contribution in [1.82, 2.24) is 0 Å². The van der Waals surface area contributed by atoms with Crippen molar-refractivity contribution in [1.29, 1.82) is 0 Å². The molecule has 2 rings (SSSR count). The topological polar surface area (TPSA) is 49.3 Å². The molecule has 0 unspecified atom stereocenters. The van der Waals surface area contributed by atoms with E-state index in [0.29, 0.717) is 5.69 Å². The standard InChI is InChI=1S/C14H11BrFNO2/c15-8-9-1-4-11(5-2-9)17-14(19)12-6-3-10(16)7-13(12)18/h1-7,18H,8H2,(H,17,19). The van der Waals surface area contributed by atoms with Gasteiger partial charge in [0.25, 0.3) is 5.91 Å². The average Bonchev–Trinajstić information content (AvgIpc) is 2.39. The van der Waals surface area contributed by atoms with E-state index < -0.39 is 11.7 Å². The first kappa shape index (κ1) is 13.5. The summed E-state index contributed by atoms with van der Waals surface area (Å²) in [5.74, 6) is -1.45. The van der Waals surface area contributed by atoms with E-state index in [9.17, 15) is 14.3 Å². The van der Waals surface area contributed by atoms with E-state index in [1.807, 2.05) is 12.1 Å². The van der Waals surface area contributed by atoms with Crippen LogP contribution in [0.1, 0.15) is 15.9 Å². The third-order valence-electron chi connectivity index (χ3n) is 2.57. The van der Waals surface area contributed by atoms with Crippen molar-refractivity contribution in [2.24, 2.45) is 0 Å². The summed E-state index contributed by atoms with van der Waals surface area (Å²) < 4.78 is 12.8. The van der Waals surface area contributed by atoms with Gasteiger partial charge in [-0.15, -0.1) is 0 Å². The Balaban J connectivity index is 2.15. The van der Waals surface area contributed by atoms with Crippen molar-refractivity contribution in [2.75, 3.05) is 5.32 Å². The van der Waals surface area contributed by atoms with Gasteiger partial charge in [0.2, 0.25) is 0 Å². The Morgan fingerprint density at radius 3 is 2.47 bits per heavy atom. The number of hydrogen-bond donors (Lipinski definition) is 2. The van der Waals surface area contributed by atoms with Gasteiger partial charge in [-0.3, -0.25) is 4.79 Å². The number of nitrogens with one attached hydrogen (secondary N) is 1. The highest BCUT2D eigenvalue weighted by atomic mass is 79.9. The number of phenolic OH excluding ortho intramolecular Hbond substituents is 1. The molecule has 5 heteroatoms. The van der Waals surface area contributed by atoms with Crippen LogP contribution in [0, 0.1) is 5.82 Å². The van der Waals surface area contributed by atoms with Gasteiger partial charge >= 0.3 is 0 Å². The number of amides is 1. The van der Waals surface area contributed by atoms with Crippen molar-refractivity contribution in [2.45, 2.75) is 5.33 Å². The molecule has 98 valence electrons. The second-order valence-corrected chi connectivity index (χ2v) is 4.51. The maximum atomic E-state index is 12.8. The molecule has 1 amide bonds. The number of aromatic hydroxyl groups is 1. The maximum absolute atomic E-state index is 12.8. The van der Waals surface area contributed by atoms with Gasteiger partial charge in [0.05, 0.1) is 5.56 Å². The normalized spacial score (nSPS) is 10.2. The van der Waals surface area contributed by atoms with E-state index in [4.69, 9.17) is 0 Å². The molecule has 0 saturated heterocycles. The van der Waals surface area contributed by atoms with E-state index in [0.717, 1.165) is 23.0 Å². The molecular weight excluding hydrogens is 313 g/mol. The number of hydrogen-bond acceptors (Lipinski definition) is 2. The summed E-state index contributed by atoms with van der Waals surface area (Å²) in [4.78, 5) is 11.9. The number of rotatable bonds is 3. The van der Waals surface area contributed by atoms with Crippen LogP contribution in [0.3, 0.4) is 0 Å². The number of carbonyl (C=O) groups is 1. The van der Waals surface area contributed by atoms with Crippen LogP contribution in [0.15, 0.2) is 42.5 Å². The van der Waals surface area contributed by atoms with Crippen molar-refractivity contribution in [3.8, 4) is 5.75 Å². The smallest absolute Gasteiger partial charge is 0.259 e. The molecule has 0 aromatic heterocycles. The largest absolute Gasteiger partial charge is 0.507 e. The van der Waals surface area contributed by atoms with Crippen LogP contribution in [0.5, 0.6) is 5.75 Å². The first-order valence-electron chi connectivity index (χ1n) is 5.55. The molecule has 0 heterocycles. The fourth-order valence-electron chi connectivity index (χ4n) is 1.57. The zero-order valence-corrected chi connectivity index (χ0v) is 11.4. The zero-order chi connectivity index (χ0) is 13.8. The fourth-order valence-corrected chi connectivity index (χ4v) is 1.95.